The molecule has 0 aliphatic heterocycles. The Kier molecular flexibility index (Phi) is 3.95. The Morgan fingerprint density at radius 3 is 2.31 bits per heavy atom. The zero-order valence-corrected chi connectivity index (χ0v) is 10.4. The van der Waals surface area contributed by atoms with Gasteiger partial charge in [0.05, 0.1) is 5.56 Å². The number of alkyl halides is 3. The number of carbonyl (C=O) groups is 2. The monoisotopic (exact) mass is 362 g/mol. The summed E-state index contributed by atoms with van der Waals surface area (Å²) in [6.07, 6.45) is -4.28. The van der Waals surface area contributed by atoms with Gasteiger partial charge in [0.2, 0.25) is 0 Å². The lowest BCUT2D eigenvalue weighted by molar-refractivity contribution is -0.137. The molecule has 0 spiro atoms. The van der Waals surface area contributed by atoms with Crippen molar-refractivity contribution < 1.29 is 22.8 Å². The molecule has 0 bridgehead atoms. The van der Waals surface area contributed by atoms with E-state index >= 15 is 0 Å². The van der Waals surface area contributed by atoms with Crippen molar-refractivity contribution in [3.63, 3.8) is 0 Å². The topological polar surface area (TPSA) is 34.1 Å². The molecule has 0 saturated carbocycles. The van der Waals surface area contributed by atoms with Gasteiger partial charge >= 0.3 is 6.18 Å². The smallest absolute Gasteiger partial charge is 0.298 e. The van der Waals surface area contributed by atoms with Crippen molar-refractivity contribution in [1.29, 1.82) is 0 Å². The van der Waals surface area contributed by atoms with Crippen molar-refractivity contribution in [3.8, 4) is 0 Å². The third-order valence-electron chi connectivity index (χ3n) is 1.79. The zero-order chi connectivity index (χ0) is 12.5. The molecule has 0 N–H and O–H groups in total. The second-order valence-corrected chi connectivity index (χ2v) is 4.31. The van der Waals surface area contributed by atoms with E-state index in [2.05, 4.69) is 0 Å². The molecule has 0 unspecified atom stereocenters. The molecule has 0 aliphatic carbocycles. The van der Waals surface area contributed by atoms with Crippen LogP contribution >= 0.6 is 34.2 Å². The van der Waals surface area contributed by atoms with Crippen LogP contribution in [0, 0.1) is 3.57 Å². The van der Waals surface area contributed by atoms with E-state index in [1.54, 1.807) is 22.6 Å². The molecule has 86 valence electrons. The Hall–Kier alpha value is -0.630. The highest BCUT2D eigenvalue weighted by molar-refractivity contribution is 14.1. The number of halogens is 5. The molecule has 0 atom stereocenters. The minimum absolute atomic E-state index is 0.0337. The molecule has 1 aromatic carbocycles. The summed E-state index contributed by atoms with van der Waals surface area (Å²) in [6, 6.07) is 1.36. The first-order valence-electron chi connectivity index (χ1n) is 3.83. The first kappa shape index (κ1) is 13.4. The highest BCUT2D eigenvalue weighted by Crippen LogP contribution is 2.32. The molecular formula is C9H3ClF3IO2. The quantitative estimate of drug-likeness (QED) is 0.458. The van der Waals surface area contributed by atoms with Gasteiger partial charge in [-0.2, -0.15) is 13.2 Å². The van der Waals surface area contributed by atoms with Gasteiger partial charge in [-0.1, -0.05) is 0 Å². The van der Waals surface area contributed by atoms with E-state index in [0.717, 1.165) is 6.07 Å². The number of rotatable bonds is 2. The number of carbonyl (C=O) groups excluding carboxylic acids is 2. The summed E-state index contributed by atoms with van der Waals surface area (Å²) in [5.74, 6) is 0. The first-order valence-corrected chi connectivity index (χ1v) is 5.28. The predicted molar refractivity (Wildman–Crippen MR) is 59.7 cm³/mol. The van der Waals surface area contributed by atoms with E-state index in [0.29, 0.717) is 12.4 Å². The maximum absolute atomic E-state index is 12.4. The van der Waals surface area contributed by atoms with Crippen LogP contribution in [0.2, 0.25) is 0 Å². The van der Waals surface area contributed by atoms with Gasteiger partial charge in [0, 0.05) is 14.7 Å². The van der Waals surface area contributed by atoms with Crippen LogP contribution in [0.1, 0.15) is 26.3 Å². The van der Waals surface area contributed by atoms with Gasteiger partial charge < -0.3 is 0 Å². The lowest BCUT2D eigenvalue weighted by Crippen LogP contribution is -2.09. The van der Waals surface area contributed by atoms with Gasteiger partial charge in [0.15, 0.2) is 6.29 Å². The lowest BCUT2D eigenvalue weighted by atomic mass is 10.1. The number of benzene rings is 1. The molecule has 0 fully saturated rings. The highest BCUT2D eigenvalue weighted by atomic mass is 127. The second-order valence-electron chi connectivity index (χ2n) is 2.81. The van der Waals surface area contributed by atoms with Crippen molar-refractivity contribution in [3.05, 3.63) is 32.4 Å². The Morgan fingerprint density at radius 1 is 1.38 bits per heavy atom. The fourth-order valence-corrected chi connectivity index (χ4v) is 1.97. The maximum atomic E-state index is 12.4. The van der Waals surface area contributed by atoms with Gasteiger partial charge in [-0.3, -0.25) is 9.59 Å². The minimum Gasteiger partial charge on any atom is -0.298 e. The standard InChI is InChI=1S/C9H3ClF3IO2/c10-8(16)5-1-4(9(11,12)13)2-7(14)6(5)3-15/h1-3H. The van der Waals surface area contributed by atoms with Crippen molar-refractivity contribution in [2.24, 2.45) is 0 Å². The van der Waals surface area contributed by atoms with Crippen LogP contribution in [0.25, 0.3) is 0 Å². The molecule has 0 aliphatic rings. The Balaban J connectivity index is 3.52. The van der Waals surface area contributed by atoms with Crippen LogP contribution in [0.3, 0.4) is 0 Å². The Labute approximate surface area is 107 Å². The van der Waals surface area contributed by atoms with Gasteiger partial charge in [-0.25, -0.2) is 0 Å². The van der Waals surface area contributed by atoms with E-state index < -0.39 is 22.5 Å². The van der Waals surface area contributed by atoms with Crippen molar-refractivity contribution in [2.45, 2.75) is 6.18 Å². The van der Waals surface area contributed by atoms with E-state index in [1.807, 2.05) is 0 Å². The molecule has 0 aromatic heterocycles. The van der Waals surface area contributed by atoms with Crippen LogP contribution in [0.5, 0.6) is 0 Å². The van der Waals surface area contributed by atoms with E-state index in [9.17, 15) is 22.8 Å². The van der Waals surface area contributed by atoms with E-state index in [-0.39, 0.29) is 9.13 Å². The largest absolute Gasteiger partial charge is 0.416 e. The summed E-state index contributed by atoms with van der Waals surface area (Å²) in [4.78, 5) is 21.5. The van der Waals surface area contributed by atoms with E-state index in [1.165, 1.54) is 0 Å². The summed E-state index contributed by atoms with van der Waals surface area (Å²) >= 11 is 6.66. The third kappa shape index (κ3) is 2.73. The van der Waals surface area contributed by atoms with Gasteiger partial charge in [0.1, 0.15) is 0 Å². The van der Waals surface area contributed by atoms with Gasteiger partial charge in [0.25, 0.3) is 5.24 Å². The molecular weight excluding hydrogens is 359 g/mol. The second kappa shape index (κ2) is 4.70. The summed E-state index contributed by atoms with van der Waals surface area (Å²) < 4.78 is 37.2. The molecule has 1 aromatic rings. The van der Waals surface area contributed by atoms with Gasteiger partial charge in [-0.05, 0) is 46.3 Å². The van der Waals surface area contributed by atoms with Gasteiger partial charge in [-0.15, -0.1) is 0 Å². The maximum Gasteiger partial charge on any atom is 0.416 e. The molecule has 16 heavy (non-hydrogen) atoms. The fraction of sp³-hybridized carbons (Fsp3) is 0.111. The average molecular weight is 362 g/mol. The molecule has 0 radical (unpaired) electrons. The lowest BCUT2D eigenvalue weighted by Gasteiger charge is -2.10. The molecule has 0 saturated heterocycles. The average Bonchev–Trinajstić information content (AvgIpc) is 2.14. The normalized spacial score (nSPS) is 11.3. The SMILES string of the molecule is O=Cc1c(I)cc(C(F)(F)F)cc1C(=O)Cl. The summed E-state index contributed by atoms with van der Waals surface area (Å²) in [6.45, 7) is 0. The molecule has 1 rings (SSSR count). The predicted octanol–water partition coefficient (Wildman–Crippen LogP) is 3.50. The van der Waals surface area contributed by atoms with E-state index in [4.69, 9.17) is 11.6 Å². The third-order valence-corrected chi connectivity index (χ3v) is 2.88. The zero-order valence-electron chi connectivity index (χ0n) is 7.44. The Morgan fingerprint density at radius 2 is 1.94 bits per heavy atom. The molecule has 0 amide bonds. The number of aldehydes is 1. The number of hydrogen-bond donors (Lipinski definition) is 0. The summed E-state index contributed by atoms with van der Waals surface area (Å²) in [7, 11) is 0. The first-order chi connectivity index (χ1) is 7.27. The van der Waals surface area contributed by atoms with Crippen LogP contribution in [0.4, 0.5) is 13.2 Å². The van der Waals surface area contributed by atoms with Crippen LogP contribution < -0.4 is 0 Å². The molecule has 2 nitrogen and oxygen atoms in total. The molecule has 0 heterocycles. The summed E-state index contributed by atoms with van der Waals surface area (Å²) in [5, 5.41) is -1.09. The summed E-state index contributed by atoms with van der Waals surface area (Å²) in [5.41, 5.74) is -1.57. The van der Waals surface area contributed by atoms with Crippen molar-refractivity contribution in [2.75, 3.05) is 0 Å². The number of hydrogen-bond acceptors (Lipinski definition) is 2. The van der Waals surface area contributed by atoms with Crippen molar-refractivity contribution >= 4 is 45.7 Å². The fourth-order valence-electron chi connectivity index (χ4n) is 1.06. The van der Waals surface area contributed by atoms with Crippen LogP contribution in [-0.2, 0) is 6.18 Å². The Bertz CT molecular complexity index is 457. The van der Waals surface area contributed by atoms with Crippen LogP contribution in [-0.4, -0.2) is 11.5 Å². The minimum atomic E-state index is -4.58. The van der Waals surface area contributed by atoms with Crippen molar-refractivity contribution in [1.82, 2.24) is 0 Å². The van der Waals surface area contributed by atoms with Crippen LogP contribution in [0.15, 0.2) is 12.1 Å². The highest BCUT2D eigenvalue weighted by Gasteiger charge is 2.32. The molecule has 7 heteroatoms.